The number of urea groups is 1. The molecule has 1 saturated carbocycles. The van der Waals surface area contributed by atoms with Crippen molar-refractivity contribution < 1.29 is 14.7 Å². The third-order valence-electron chi connectivity index (χ3n) is 4.40. The molecule has 3 unspecified atom stereocenters. The van der Waals surface area contributed by atoms with Gasteiger partial charge in [-0.25, -0.2) is 4.79 Å². The second-order valence-electron chi connectivity index (χ2n) is 5.66. The van der Waals surface area contributed by atoms with Crippen LogP contribution in [0.5, 0.6) is 0 Å². The number of nitrogens with zero attached hydrogens (tertiary/aromatic N) is 1. The fraction of sp³-hybridized carbons (Fsp3) is 0.846. The number of hydrogen-bond acceptors (Lipinski definition) is 3. The summed E-state index contributed by atoms with van der Waals surface area (Å²) in [5.41, 5.74) is 5.60. The molecule has 2 rings (SSSR count). The van der Waals surface area contributed by atoms with Gasteiger partial charge >= 0.3 is 12.0 Å². The van der Waals surface area contributed by atoms with Gasteiger partial charge in [0, 0.05) is 19.6 Å². The van der Waals surface area contributed by atoms with Crippen LogP contribution in [0.3, 0.4) is 0 Å². The van der Waals surface area contributed by atoms with Gasteiger partial charge in [0.2, 0.25) is 0 Å². The van der Waals surface area contributed by atoms with Crippen LogP contribution in [0.15, 0.2) is 0 Å². The van der Waals surface area contributed by atoms with Crippen LogP contribution in [0.4, 0.5) is 4.79 Å². The maximum atomic E-state index is 12.0. The minimum Gasteiger partial charge on any atom is -0.481 e. The summed E-state index contributed by atoms with van der Waals surface area (Å²) >= 11 is 0. The molecule has 0 aromatic carbocycles. The van der Waals surface area contributed by atoms with Crippen LogP contribution in [0.1, 0.15) is 25.7 Å². The summed E-state index contributed by atoms with van der Waals surface area (Å²) in [5, 5.41) is 12.0. The number of aliphatic carboxylic acids is 1. The Hall–Kier alpha value is -1.30. The van der Waals surface area contributed by atoms with Crippen molar-refractivity contribution in [2.45, 2.75) is 25.7 Å². The lowest BCUT2D eigenvalue weighted by molar-refractivity contribution is -0.142. The van der Waals surface area contributed by atoms with Crippen LogP contribution in [0.25, 0.3) is 0 Å². The molecule has 1 aliphatic heterocycles. The normalized spacial score (nSPS) is 30.6. The fourth-order valence-corrected chi connectivity index (χ4v) is 3.15. The molecule has 6 heteroatoms. The van der Waals surface area contributed by atoms with Gasteiger partial charge < -0.3 is 21.1 Å². The summed E-state index contributed by atoms with van der Waals surface area (Å²) < 4.78 is 0. The third-order valence-corrected chi connectivity index (χ3v) is 4.40. The van der Waals surface area contributed by atoms with E-state index < -0.39 is 5.97 Å². The minimum atomic E-state index is -0.735. The van der Waals surface area contributed by atoms with E-state index in [9.17, 15) is 9.59 Å². The van der Waals surface area contributed by atoms with Crippen molar-refractivity contribution in [3.63, 3.8) is 0 Å². The first-order chi connectivity index (χ1) is 9.11. The second-order valence-corrected chi connectivity index (χ2v) is 5.66. The average molecular weight is 269 g/mol. The number of likely N-dealkylation sites (tertiary alicyclic amines) is 1. The Morgan fingerprint density at radius 2 is 2.11 bits per heavy atom. The van der Waals surface area contributed by atoms with E-state index in [1.165, 1.54) is 0 Å². The summed E-state index contributed by atoms with van der Waals surface area (Å²) in [7, 11) is 0. The lowest BCUT2D eigenvalue weighted by Crippen LogP contribution is -2.42. The highest BCUT2D eigenvalue weighted by Gasteiger charge is 2.33. The molecule has 2 amide bonds. The molecule has 1 heterocycles. The van der Waals surface area contributed by atoms with Crippen molar-refractivity contribution in [1.29, 1.82) is 0 Å². The van der Waals surface area contributed by atoms with Gasteiger partial charge in [-0.3, -0.25) is 4.79 Å². The number of nitrogens with one attached hydrogen (secondary N) is 1. The Balaban J connectivity index is 1.76. The Labute approximate surface area is 113 Å². The van der Waals surface area contributed by atoms with E-state index in [0.717, 1.165) is 38.8 Å². The molecule has 1 saturated heterocycles. The van der Waals surface area contributed by atoms with Gasteiger partial charge in [-0.2, -0.15) is 0 Å². The van der Waals surface area contributed by atoms with E-state index in [1.54, 1.807) is 4.90 Å². The predicted octanol–water partition coefficient (Wildman–Crippen LogP) is 0.477. The molecule has 0 radical (unpaired) electrons. The third kappa shape index (κ3) is 3.37. The molecule has 108 valence electrons. The molecule has 3 atom stereocenters. The van der Waals surface area contributed by atoms with Crippen LogP contribution >= 0.6 is 0 Å². The molecule has 0 bridgehead atoms. The molecular formula is C13H23N3O3. The zero-order chi connectivity index (χ0) is 13.8. The Morgan fingerprint density at radius 1 is 1.32 bits per heavy atom. The Morgan fingerprint density at radius 3 is 2.74 bits per heavy atom. The molecule has 0 aromatic rings. The van der Waals surface area contributed by atoms with E-state index in [-0.39, 0.29) is 17.9 Å². The molecule has 0 aromatic heterocycles. The average Bonchev–Trinajstić information content (AvgIpc) is 3.04. The molecular weight excluding hydrogens is 246 g/mol. The van der Waals surface area contributed by atoms with Crippen molar-refractivity contribution in [2.24, 2.45) is 23.5 Å². The maximum absolute atomic E-state index is 12.0. The van der Waals surface area contributed by atoms with Crippen molar-refractivity contribution in [3.8, 4) is 0 Å². The summed E-state index contributed by atoms with van der Waals surface area (Å²) in [6, 6.07) is -0.0769. The van der Waals surface area contributed by atoms with E-state index in [0.29, 0.717) is 19.0 Å². The Bertz CT molecular complexity index is 348. The van der Waals surface area contributed by atoms with Crippen LogP contribution in [-0.4, -0.2) is 48.2 Å². The van der Waals surface area contributed by atoms with Gasteiger partial charge in [0.05, 0.1) is 5.92 Å². The van der Waals surface area contributed by atoms with E-state index in [4.69, 9.17) is 10.8 Å². The van der Waals surface area contributed by atoms with Crippen molar-refractivity contribution in [2.75, 3.05) is 26.2 Å². The van der Waals surface area contributed by atoms with Crippen LogP contribution in [-0.2, 0) is 4.79 Å². The topological polar surface area (TPSA) is 95.7 Å². The molecule has 19 heavy (non-hydrogen) atoms. The van der Waals surface area contributed by atoms with Crippen molar-refractivity contribution in [3.05, 3.63) is 0 Å². The first kappa shape index (κ1) is 14.1. The van der Waals surface area contributed by atoms with E-state index in [1.807, 2.05) is 0 Å². The van der Waals surface area contributed by atoms with E-state index in [2.05, 4.69) is 5.32 Å². The number of hydrogen-bond donors (Lipinski definition) is 3. The van der Waals surface area contributed by atoms with Gasteiger partial charge in [0.25, 0.3) is 0 Å². The summed E-state index contributed by atoms with van der Waals surface area (Å²) in [4.78, 5) is 24.8. The first-order valence-electron chi connectivity index (χ1n) is 7.07. The molecule has 1 aliphatic carbocycles. The largest absolute Gasteiger partial charge is 0.481 e. The molecule has 6 nitrogen and oxygen atoms in total. The number of carbonyl (C=O) groups excluding carboxylic acids is 1. The summed E-state index contributed by atoms with van der Waals surface area (Å²) in [6.45, 7) is 2.56. The SMILES string of the molecule is NCC1CCN(C(=O)NCC2CCCC2C(=O)O)C1. The molecule has 2 fully saturated rings. The summed E-state index contributed by atoms with van der Waals surface area (Å²) in [6.07, 6.45) is 3.53. The zero-order valence-corrected chi connectivity index (χ0v) is 11.2. The van der Waals surface area contributed by atoms with Crippen LogP contribution < -0.4 is 11.1 Å². The van der Waals surface area contributed by atoms with Gasteiger partial charge in [-0.15, -0.1) is 0 Å². The van der Waals surface area contributed by atoms with Crippen LogP contribution in [0.2, 0.25) is 0 Å². The molecule has 2 aliphatic rings. The summed E-state index contributed by atoms with van der Waals surface area (Å²) in [5.74, 6) is -0.546. The highest BCUT2D eigenvalue weighted by Crippen LogP contribution is 2.31. The maximum Gasteiger partial charge on any atom is 0.317 e. The fourth-order valence-electron chi connectivity index (χ4n) is 3.15. The highest BCUT2D eigenvalue weighted by atomic mass is 16.4. The van der Waals surface area contributed by atoms with E-state index >= 15 is 0 Å². The Kier molecular flexibility index (Phi) is 4.63. The van der Waals surface area contributed by atoms with Crippen molar-refractivity contribution >= 4 is 12.0 Å². The number of carbonyl (C=O) groups is 2. The smallest absolute Gasteiger partial charge is 0.317 e. The van der Waals surface area contributed by atoms with Gasteiger partial charge in [0.15, 0.2) is 0 Å². The number of rotatable bonds is 4. The quantitative estimate of drug-likeness (QED) is 0.691. The predicted molar refractivity (Wildman–Crippen MR) is 70.6 cm³/mol. The standard InChI is InChI=1S/C13H23N3O3/c14-6-9-4-5-16(8-9)13(19)15-7-10-2-1-3-11(10)12(17)18/h9-11H,1-8,14H2,(H,15,19)(H,17,18). The van der Waals surface area contributed by atoms with Gasteiger partial charge in [-0.1, -0.05) is 6.42 Å². The molecule has 0 spiro atoms. The van der Waals surface area contributed by atoms with Crippen molar-refractivity contribution in [1.82, 2.24) is 10.2 Å². The second kappa shape index (κ2) is 6.23. The zero-order valence-electron chi connectivity index (χ0n) is 11.2. The lowest BCUT2D eigenvalue weighted by atomic mass is 9.96. The number of nitrogens with two attached hydrogens (primary N) is 1. The molecule has 4 N–H and O–H groups in total. The first-order valence-corrected chi connectivity index (χ1v) is 7.07. The monoisotopic (exact) mass is 269 g/mol. The highest BCUT2D eigenvalue weighted by molar-refractivity contribution is 5.75. The van der Waals surface area contributed by atoms with Gasteiger partial charge in [0.1, 0.15) is 0 Å². The minimum absolute atomic E-state index is 0.0769. The van der Waals surface area contributed by atoms with Gasteiger partial charge in [-0.05, 0) is 37.6 Å². The van der Waals surface area contributed by atoms with Crippen LogP contribution in [0, 0.1) is 17.8 Å². The number of carboxylic acid groups (broad SMARTS) is 1. The number of carboxylic acids is 1. The lowest BCUT2D eigenvalue weighted by Gasteiger charge is -2.20. The number of amides is 2.